The molecule has 0 spiro atoms. The van der Waals surface area contributed by atoms with Crippen LogP contribution in [0, 0.1) is 13.8 Å². The maximum absolute atomic E-state index is 6.14. The van der Waals surface area contributed by atoms with Crippen molar-refractivity contribution in [2.45, 2.75) is 39.5 Å². The summed E-state index contributed by atoms with van der Waals surface area (Å²) in [5.74, 6) is 1.91. The van der Waals surface area contributed by atoms with Crippen molar-refractivity contribution in [1.29, 1.82) is 0 Å². The normalized spacial score (nSPS) is 14.4. The van der Waals surface area contributed by atoms with Crippen LogP contribution in [0.25, 0.3) is 11.1 Å². The van der Waals surface area contributed by atoms with Crippen molar-refractivity contribution in [3.8, 4) is 22.6 Å². The third kappa shape index (κ3) is 5.27. The van der Waals surface area contributed by atoms with Crippen LogP contribution in [0.1, 0.15) is 36.8 Å². The van der Waals surface area contributed by atoms with Gasteiger partial charge in [-0.25, -0.2) is 0 Å². The SMILES string of the molecule is Cc1c(OCCCN)cccc1-c1cccc(OCCCN2CCCC2)c1C. The quantitative estimate of drug-likeness (QED) is 0.612. The zero-order chi connectivity index (χ0) is 19.8. The Balaban J connectivity index is 1.67. The minimum Gasteiger partial charge on any atom is -0.493 e. The van der Waals surface area contributed by atoms with Crippen LogP contribution in [-0.4, -0.2) is 44.3 Å². The highest BCUT2D eigenvalue weighted by Crippen LogP contribution is 2.35. The van der Waals surface area contributed by atoms with Gasteiger partial charge in [-0.3, -0.25) is 0 Å². The molecule has 152 valence electrons. The molecule has 0 aliphatic carbocycles. The third-order valence-corrected chi connectivity index (χ3v) is 5.54. The van der Waals surface area contributed by atoms with Crippen LogP contribution < -0.4 is 15.2 Å². The third-order valence-electron chi connectivity index (χ3n) is 5.54. The molecule has 2 N–H and O–H groups in total. The van der Waals surface area contributed by atoms with Crippen molar-refractivity contribution in [3.63, 3.8) is 0 Å². The van der Waals surface area contributed by atoms with Crippen molar-refractivity contribution in [2.24, 2.45) is 5.73 Å². The van der Waals surface area contributed by atoms with E-state index in [0.717, 1.165) is 43.1 Å². The van der Waals surface area contributed by atoms with E-state index in [1.54, 1.807) is 0 Å². The molecule has 0 bridgehead atoms. The Hall–Kier alpha value is -2.04. The summed E-state index contributed by atoms with van der Waals surface area (Å²) in [4.78, 5) is 2.53. The number of nitrogens with two attached hydrogens (primary N) is 1. The molecule has 1 saturated heterocycles. The molecule has 28 heavy (non-hydrogen) atoms. The molecule has 0 unspecified atom stereocenters. The largest absolute Gasteiger partial charge is 0.493 e. The standard InChI is InChI=1S/C24H34N2O2/c1-19-21(9-5-11-23(19)27-17-7-13-25)22-10-6-12-24(20(22)2)28-18-8-16-26-14-3-4-15-26/h5-6,9-12H,3-4,7-8,13-18,25H2,1-2H3. The topological polar surface area (TPSA) is 47.7 Å². The van der Waals surface area contributed by atoms with Gasteiger partial charge in [0.1, 0.15) is 11.5 Å². The molecule has 4 nitrogen and oxygen atoms in total. The van der Waals surface area contributed by atoms with Crippen molar-refractivity contribution in [2.75, 3.05) is 39.4 Å². The van der Waals surface area contributed by atoms with E-state index in [9.17, 15) is 0 Å². The number of benzene rings is 2. The van der Waals surface area contributed by atoms with Gasteiger partial charge < -0.3 is 20.1 Å². The summed E-state index contributed by atoms with van der Waals surface area (Å²) >= 11 is 0. The minimum atomic E-state index is 0.648. The molecule has 0 atom stereocenters. The molecule has 0 amide bonds. The highest BCUT2D eigenvalue weighted by Gasteiger charge is 2.13. The number of likely N-dealkylation sites (tertiary alicyclic amines) is 1. The Morgan fingerprint density at radius 1 is 0.821 bits per heavy atom. The van der Waals surface area contributed by atoms with Gasteiger partial charge in [0.05, 0.1) is 13.2 Å². The lowest BCUT2D eigenvalue weighted by Crippen LogP contribution is -2.22. The van der Waals surface area contributed by atoms with Gasteiger partial charge in [0, 0.05) is 6.54 Å². The highest BCUT2D eigenvalue weighted by atomic mass is 16.5. The first-order valence-electron chi connectivity index (χ1n) is 10.6. The Kier molecular flexibility index (Phi) is 7.75. The zero-order valence-electron chi connectivity index (χ0n) is 17.4. The molecule has 0 radical (unpaired) electrons. The van der Waals surface area contributed by atoms with Gasteiger partial charge in [-0.1, -0.05) is 24.3 Å². The second-order valence-corrected chi connectivity index (χ2v) is 7.60. The van der Waals surface area contributed by atoms with Gasteiger partial charge in [-0.05, 0) is 93.6 Å². The smallest absolute Gasteiger partial charge is 0.122 e. The lowest BCUT2D eigenvalue weighted by Gasteiger charge is -2.18. The molecule has 1 heterocycles. The molecule has 2 aromatic rings. The van der Waals surface area contributed by atoms with E-state index in [0.29, 0.717) is 13.2 Å². The highest BCUT2D eigenvalue weighted by molar-refractivity contribution is 5.74. The summed E-state index contributed by atoms with van der Waals surface area (Å²) in [6, 6.07) is 12.6. The first kappa shape index (κ1) is 20.7. The van der Waals surface area contributed by atoms with Crippen LogP contribution in [0.3, 0.4) is 0 Å². The first-order valence-corrected chi connectivity index (χ1v) is 10.6. The van der Waals surface area contributed by atoms with Crippen LogP contribution in [0.15, 0.2) is 36.4 Å². The molecule has 0 saturated carbocycles. The van der Waals surface area contributed by atoms with E-state index >= 15 is 0 Å². The lowest BCUT2D eigenvalue weighted by molar-refractivity contribution is 0.262. The van der Waals surface area contributed by atoms with Crippen molar-refractivity contribution < 1.29 is 9.47 Å². The molecule has 1 aliphatic heterocycles. The van der Waals surface area contributed by atoms with E-state index in [1.807, 2.05) is 6.07 Å². The minimum absolute atomic E-state index is 0.648. The second-order valence-electron chi connectivity index (χ2n) is 7.60. The lowest BCUT2D eigenvalue weighted by atomic mass is 9.95. The summed E-state index contributed by atoms with van der Waals surface area (Å²) in [5, 5.41) is 0. The van der Waals surface area contributed by atoms with Crippen LogP contribution in [-0.2, 0) is 0 Å². The molecule has 0 aromatic heterocycles. The van der Waals surface area contributed by atoms with Gasteiger partial charge in [-0.2, -0.15) is 0 Å². The summed E-state index contributed by atoms with van der Waals surface area (Å²) < 4.78 is 12.1. The van der Waals surface area contributed by atoms with Gasteiger partial charge in [0.25, 0.3) is 0 Å². The number of hydrogen-bond acceptors (Lipinski definition) is 4. The van der Waals surface area contributed by atoms with Crippen molar-refractivity contribution in [3.05, 3.63) is 47.5 Å². The summed E-state index contributed by atoms with van der Waals surface area (Å²) in [6.45, 7) is 9.97. The number of nitrogens with zero attached hydrogens (tertiary/aromatic N) is 1. The fraction of sp³-hybridized carbons (Fsp3) is 0.500. The predicted octanol–water partition coefficient (Wildman–Crippen LogP) is 4.56. The predicted molar refractivity (Wildman–Crippen MR) is 116 cm³/mol. The van der Waals surface area contributed by atoms with E-state index < -0.39 is 0 Å². The fourth-order valence-corrected chi connectivity index (χ4v) is 3.87. The maximum atomic E-state index is 6.14. The molecular formula is C24H34N2O2. The van der Waals surface area contributed by atoms with Crippen LogP contribution in [0.5, 0.6) is 11.5 Å². The average Bonchev–Trinajstić information content (AvgIpc) is 3.22. The van der Waals surface area contributed by atoms with E-state index in [2.05, 4.69) is 49.1 Å². The zero-order valence-corrected chi connectivity index (χ0v) is 17.4. The Bertz CT molecular complexity index is 754. The average molecular weight is 383 g/mol. The monoisotopic (exact) mass is 382 g/mol. The molecule has 1 aliphatic rings. The Morgan fingerprint density at radius 2 is 1.36 bits per heavy atom. The van der Waals surface area contributed by atoms with Crippen LogP contribution in [0.2, 0.25) is 0 Å². The summed E-state index contributed by atoms with van der Waals surface area (Å²) in [5.41, 5.74) is 10.3. The number of hydrogen-bond donors (Lipinski definition) is 1. The van der Waals surface area contributed by atoms with Crippen molar-refractivity contribution >= 4 is 0 Å². The van der Waals surface area contributed by atoms with Crippen molar-refractivity contribution in [1.82, 2.24) is 4.90 Å². The number of rotatable bonds is 10. The van der Waals surface area contributed by atoms with Gasteiger partial charge in [-0.15, -0.1) is 0 Å². The van der Waals surface area contributed by atoms with Gasteiger partial charge in [0.2, 0.25) is 0 Å². The second kappa shape index (κ2) is 10.5. The fourth-order valence-electron chi connectivity index (χ4n) is 3.87. The summed E-state index contributed by atoms with van der Waals surface area (Å²) in [6.07, 6.45) is 4.63. The van der Waals surface area contributed by atoms with Gasteiger partial charge in [0.15, 0.2) is 0 Å². The molecule has 3 rings (SSSR count). The Labute approximate surface area is 169 Å². The van der Waals surface area contributed by atoms with E-state index in [4.69, 9.17) is 15.2 Å². The molecule has 4 heteroatoms. The Morgan fingerprint density at radius 3 is 1.89 bits per heavy atom. The number of ether oxygens (including phenoxy) is 2. The molecule has 2 aromatic carbocycles. The molecular weight excluding hydrogens is 348 g/mol. The summed E-state index contributed by atoms with van der Waals surface area (Å²) in [7, 11) is 0. The van der Waals surface area contributed by atoms with E-state index in [1.165, 1.54) is 42.6 Å². The first-order chi connectivity index (χ1) is 13.7. The maximum Gasteiger partial charge on any atom is 0.122 e. The van der Waals surface area contributed by atoms with Crippen LogP contribution in [0.4, 0.5) is 0 Å². The molecule has 1 fully saturated rings. The van der Waals surface area contributed by atoms with Gasteiger partial charge >= 0.3 is 0 Å². The van der Waals surface area contributed by atoms with Crippen LogP contribution >= 0.6 is 0 Å². The van der Waals surface area contributed by atoms with E-state index in [-0.39, 0.29) is 0 Å².